The summed E-state index contributed by atoms with van der Waals surface area (Å²) in [4.78, 5) is 28.3. The highest BCUT2D eigenvalue weighted by molar-refractivity contribution is 6.42. The van der Waals surface area contributed by atoms with E-state index < -0.39 is 11.0 Å². The van der Waals surface area contributed by atoms with Crippen molar-refractivity contribution in [2.24, 2.45) is 0 Å². The number of rotatable bonds is 7. The zero-order valence-electron chi connectivity index (χ0n) is 15.4. The molecule has 29 heavy (non-hydrogen) atoms. The molecule has 0 spiro atoms. The average Bonchev–Trinajstić information content (AvgIpc) is 3.24. The quantitative estimate of drug-likeness (QED) is 0.370. The molecule has 0 radical (unpaired) electrons. The first-order valence-corrected chi connectivity index (χ1v) is 9.68. The Morgan fingerprint density at radius 1 is 1.28 bits per heavy atom. The van der Waals surface area contributed by atoms with Crippen LogP contribution in [-0.2, 0) is 11.3 Å². The van der Waals surface area contributed by atoms with Gasteiger partial charge in [0, 0.05) is 25.7 Å². The molecule has 154 valence electrons. The molecule has 1 aliphatic heterocycles. The number of ether oxygens (including phenoxy) is 1. The molecule has 0 unspecified atom stereocenters. The van der Waals surface area contributed by atoms with Gasteiger partial charge >= 0.3 is 11.8 Å². The van der Waals surface area contributed by atoms with E-state index in [-0.39, 0.29) is 24.7 Å². The zero-order valence-corrected chi connectivity index (χ0v) is 16.9. The van der Waals surface area contributed by atoms with Crippen molar-refractivity contribution in [2.75, 3.05) is 30.5 Å². The second-order valence-corrected chi connectivity index (χ2v) is 7.12. The van der Waals surface area contributed by atoms with E-state index in [1.807, 2.05) is 0 Å². The Morgan fingerprint density at radius 3 is 2.76 bits per heavy atom. The van der Waals surface area contributed by atoms with Crippen LogP contribution in [0.2, 0.25) is 10.0 Å². The van der Waals surface area contributed by atoms with Crippen molar-refractivity contribution >= 4 is 46.5 Å². The van der Waals surface area contributed by atoms with Crippen LogP contribution in [0, 0.1) is 10.1 Å². The summed E-state index contributed by atoms with van der Waals surface area (Å²) in [5.74, 6) is 0.324. The number of aromatic nitrogens is 1. The summed E-state index contributed by atoms with van der Waals surface area (Å²) in [6.45, 7) is 1.51. The summed E-state index contributed by atoms with van der Waals surface area (Å²) in [7, 11) is 0. The molecule has 0 atom stereocenters. The summed E-state index contributed by atoms with van der Waals surface area (Å²) in [6.07, 6.45) is 2.67. The van der Waals surface area contributed by atoms with Crippen LogP contribution in [0.4, 0.5) is 22.0 Å². The summed E-state index contributed by atoms with van der Waals surface area (Å²) in [5.41, 5.74) is 0.747. The van der Waals surface area contributed by atoms with E-state index in [9.17, 15) is 14.9 Å². The fourth-order valence-corrected chi connectivity index (χ4v) is 3.26. The number of nitro groups is 1. The van der Waals surface area contributed by atoms with Crippen LogP contribution in [0.3, 0.4) is 0 Å². The number of likely N-dealkylation sites (tertiary alicyclic amines) is 1. The molecule has 0 bridgehead atoms. The smallest absolute Gasteiger partial charge is 0.411 e. The van der Waals surface area contributed by atoms with Gasteiger partial charge in [-0.3, -0.25) is 10.1 Å². The minimum Gasteiger partial charge on any atom is -0.428 e. The monoisotopic (exact) mass is 439 g/mol. The van der Waals surface area contributed by atoms with Crippen molar-refractivity contribution in [1.82, 2.24) is 9.88 Å². The van der Waals surface area contributed by atoms with Gasteiger partial charge in [-0.25, -0.2) is 9.78 Å². The van der Waals surface area contributed by atoms with Gasteiger partial charge in [-0.05, 0) is 24.5 Å². The number of carbonyl (C=O) groups excluding carboxylic acids is 1. The molecule has 1 aliphatic rings. The topological polar surface area (TPSA) is 110 Å². The lowest BCUT2D eigenvalue weighted by Crippen LogP contribution is -2.29. The molecule has 9 nitrogen and oxygen atoms in total. The second kappa shape index (κ2) is 9.62. The van der Waals surface area contributed by atoms with Gasteiger partial charge in [-0.1, -0.05) is 35.3 Å². The molecule has 11 heteroatoms. The number of hydrogen-bond donors (Lipinski definition) is 2. The van der Waals surface area contributed by atoms with Gasteiger partial charge in [-0.2, -0.15) is 0 Å². The van der Waals surface area contributed by atoms with E-state index in [4.69, 9.17) is 27.9 Å². The number of carbonyl (C=O) groups is 1. The third-order valence-corrected chi connectivity index (χ3v) is 5.25. The number of pyridine rings is 1. The van der Waals surface area contributed by atoms with Gasteiger partial charge in [-0.15, -0.1) is 0 Å². The van der Waals surface area contributed by atoms with E-state index in [0.29, 0.717) is 34.5 Å². The number of halogens is 2. The molecule has 0 saturated carbocycles. The van der Waals surface area contributed by atoms with Crippen molar-refractivity contribution in [2.45, 2.75) is 19.4 Å². The average molecular weight is 440 g/mol. The molecular weight excluding hydrogens is 421 g/mol. The lowest BCUT2D eigenvalue weighted by atomic mass is 10.2. The van der Waals surface area contributed by atoms with Gasteiger partial charge in [0.1, 0.15) is 17.7 Å². The largest absolute Gasteiger partial charge is 0.428 e. The van der Waals surface area contributed by atoms with Crippen LogP contribution in [-0.4, -0.2) is 40.7 Å². The van der Waals surface area contributed by atoms with E-state index in [1.165, 1.54) is 6.07 Å². The van der Waals surface area contributed by atoms with E-state index in [1.54, 1.807) is 23.1 Å². The number of nitrogens with zero attached hydrogens (tertiary/aromatic N) is 3. The van der Waals surface area contributed by atoms with E-state index in [0.717, 1.165) is 19.0 Å². The molecule has 1 saturated heterocycles. The van der Waals surface area contributed by atoms with Crippen molar-refractivity contribution in [3.8, 4) is 0 Å². The normalized spacial score (nSPS) is 13.2. The van der Waals surface area contributed by atoms with E-state index in [2.05, 4.69) is 15.6 Å². The highest BCUT2D eigenvalue weighted by Gasteiger charge is 2.19. The minimum atomic E-state index is -0.536. The Bertz CT molecular complexity index is 906. The highest BCUT2D eigenvalue weighted by atomic mass is 35.5. The fourth-order valence-electron chi connectivity index (χ4n) is 2.87. The Hall–Kier alpha value is -2.78. The van der Waals surface area contributed by atoms with Crippen molar-refractivity contribution in [1.29, 1.82) is 0 Å². The first kappa shape index (κ1) is 20.9. The molecule has 1 aromatic carbocycles. The van der Waals surface area contributed by atoms with Crippen LogP contribution < -0.4 is 10.6 Å². The lowest BCUT2D eigenvalue weighted by molar-refractivity contribution is -0.384. The first-order valence-electron chi connectivity index (χ1n) is 8.92. The molecule has 3 rings (SSSR count). The van der Waals surface area contributed by atoms with Gasteiger partial charge in [0.25, 0.3) is 0 Å². The maximum absolute atomic E-state index is 11.9. The van der Waals surface area contributed by atoms with Crippen LogP contribution >= 0.6 is 23.2 Å². The van der Waals surface area contributed by atoms with Crippen LogP contribution in [0.25, 0.3) is 0 Å². The third-order valence-electron chi connectivity index (χ3n) is 4.39. The maximum atomic E-state index is 11.9. The lowest BCUT2D eigenvalue weighted by Gasteiger charge is -2.15. The fraction of sp³-hybridized carbons (Fsp3) is 0.333. The van der Waals surface area contributed by atoms with Gasteiger partial charge in [0.15, 0.2) is 6.73 Å². The molecule has 1 aromatic heterocycles. The van der Waals surface area contributed by atoms with Crippen molar-refractivity contribution in [3.63, 3.8) is 0 Å². The number of nitrogens with one attached hydrogen (secondary N) is 2. The molecule has 2 heterocycles. The zero-order chi connectivity index (χ0) is 20.8. The number of benzene rings is 1. The summed E-state index contributed by atoms with van der Waals surface area (Å²) in [6, 6.07) is 6.65. The molecule has 0 aliphatic carbocycles. The number of amides is 1. The molecule has 2 aromatic rings. The van der Waals surface area contributed by atoms with Crippen molar-refractivity contribution < 1.29 is 14.5 Å². The molecule has 2 N–H and O–H groups in total. The Balaban J connectivity index is 1.64. The third kappa shape index (κ3) is 5.39. The predicted molar refractivity (Wildman–Crippen MR) is 110 cm³/mol. The van der Waals surface area contributed by atoms with Gasteiger partial charge < -0.3 is 20.3 Å². The number of anilines is 2. The Labute approximate surface area is 177 Å². The second-order valence-electron chi connectivity index (χ2n) is 6.34. The predicted octanol–water partition coefficient (Wildman–Crippen LogP) is 4.51. The summed E-state index contributed by atoms with van der Waals surface area (Å²) >= 11 is 12.2. The molecular formula is C18H19Cl2N5O4. The standard InChI is InChI=1S/C18H19Cl2N5O4/c19-13-5-3-4-12(17(13)20)9-21-14-8-16(22-10-15(14)25(27)28)23-11-29-18(26)24-6-1-2-7-24/h3-5,8,10H,1-2,6-7,9,11H2,(H2,21,22,23). The SMILES string of the molecule is O=C(OCNc1cc(NCc2cccc(Cl)c2Cl)c([N+](=O)[O-])cn1)N1CCCC1. The molecule has 1 amide bonds. The van der Waals surface area contributed by atoms with Crippen LogP contribution in [0.5, 0.6) is 0 Å². The summed E-state index contributed by atoms with van der Waals surface area (Å²) in [5, 5.41) is 17.9. The van der Waals surface area contributed by atoms with Crippen LogP contribution in [0.15, 0.2) is 30.5 Å². The van der Waals surface area contributed by atoms with Gasteiger partial charge in [0.2, 0.25) is 0 Å². The first-order chi connectivity index (χ1) is 14.0. The molecule has 1 fully saturated rings. The minimum absolute atomic E-state index is 0.0975. The highest BCUT2D eigenvalue weighted by Crippen LogP contribution is 2.29. The maximum Gasteiger partial charge on any atom is 0.411 e. The van der Waals surface area contributed by atoms with Gasteiger partial charge in [0.05, 0.1) is 15.0 Å². The van der Waals surface area contributed by atoms with E-state index >= 15 is 0 Å². The Morgan fingerprint density at radius 2 is 2.03 bits per heavy atom. The summed E-state index contributed by atoms with van der Waals surface area (Å²) < 4.78 is 5.16. The Kier molecular flexibility index (Phi) is 6.95. The van der Waals surface area contributed by atoms with Crippen LogP contribution in [0.1, 0.15) is 18.4 Å². The number of hydrogen-bond acceptors (Lipinski definition) is 7. The van der Waals surface area contributed by atoms with Crippen molar-refractivity contribution in [3.05, 3.63) is 56.2 Å².